The number of piperidine rings is 1. The van der Waals surface area contributed by atoms with Crippen LogP contribution in [0.15, 0.2) is 53.0 Å². The molecular weight excluding hydrogens is 442 g/mol. The Hall–Kier alpha value is -2.18. The van der Waals surface area contributed by atoms with E-state index in [0.717, 1.165) is 49.8 Å². The van der Waals surface area contributed by atoms with Crippen LogP contribution < -0.4 is 10.6 Å². The van der Waals surface area contributed by atoms with Crippen LogP contribution in [0.3, 0.4) is 0 Å². The van der Waals surface area contributed by atoms with Crippen LogP contribution >= 0.6 is 15.9 Å². The molecule has 0 aromatic heterocycles. The number of hydrogen-bond donors (Lipinski definition) is 2. The molecule has 1 saturated heterocycles. The van der Waals surface area contributed by atoms with Gasteiger partial charge >= 0.3 is 0 Å². The van der Waals surface area contributed by atoms with Gasteiger partial charge in [0, 0.05) is 24.1 Å². The smallest absolute Gasteiger partial charge is 0.253 e. The van der Waals surface area contributed by atoms with E-state index in [0.29, 0.717) is 17.8 Å². The van der Waals surface area contributed by atoms with E-state index in [1.807, 2.05) is 24.3 Å². The van der Waals surface area contributed by atoms with Crippen molar-refractivity contribution in [2.24, 2.45) is 5.92 Å². The molecule has 160 valence electrons. The monoisotopic (exact) mass is 471 g/mol. The molecule has 1 heterocycles. The van der Waals surface area contributed by atoms with Crippen LogP contribution in [0, 0.1) is 5.92 Å². The lowest BCUT2D eigenvalue weighted by Crippen LogP contribution is -2.40. The zero-order valence-corrected chi connectivity index (χ0v) is 19.1. The Kier molecular flexibility index (Phi) is 8.46. The standard InChI is InChI=1S/C24H30BrN3O2/c1-2-3-14-26-24(30)21-8-4-5-9-22(21)27-23(29)19-7-6-15-28(17-19)16-18-10-12-20(25)13-11-18/h4-5,8-13,19H,2-3,6-7,14-17H2,1H3,(H,26,30)(H,27,29). The van der Waals surface area contributed by atoms with Crippen LogP contribution in [0.1, 0.15) is 48.5 Å². The average molecular weight is 472 g/mol. The lowest BCUT2D eigenvalue weighted by atomic mass is 9.96. The second-order valence-corrected chi connectivity index (χ2v) is 8.76. The fraction of sp³-hybridized carbons (Fsp3) is 0.417. The topological polar surface area (TPSA) is 61.4 Å². The number of nitrogens with zero attached hydrogens (tertiary/aromatic N) is 1. The molecule has 0 radical (unpaired) electrons. The minimum atomic E-state index is -0.139. The summed E-state index contributed by atoms with van der Waals surface area (Å²) >= 11 is 3.47. The number of rotatable bonds is 8. The first kappa shape index (κ1) is 22.5. The van der Waals surface area contributed by atoms with Gasteiger partial charge in [0.2, 0.25) is 5.91 Å². The summed E-state index contributed by atoms with van der Waals surface area (Å²) in [7, 11) is 0. The highest BCUT2D eigenvalue weighted by molar-refractivity contribution is 9.10. The second kappa shape index (κ2) is 11.3. The number of para-hydroxylation sites is 1. The van der Waals surface area contributed by atoms with Crippen molar-refractivity contribution in [3.8, 4) is 0 Å². The van der Waals surface area contributed by atoms with Crippen LogP contribution in [0.25, 0.3) is 0 Å². The minimum absolute atomic E-state index is 0.00989. The molecule has 1 atom stereocenters. The number of anilines is 1. The van der Waals surface area contributed by atoms with E-state index in [9.17, 15) is 9.59 Å². The summed E-state index contributed by atoms with van der Waals surface area (Å²) in [5.74, 6) is -0.227. The average Bonchev–Trinajstić information content (AvgIpc) is 2.76. The maximum absolute atomic E-state index is 13.0. The highest BCUT2D eigenvalue weighted by Gasteiger charge is 2.26. The van der Waals surface area contributed by atoms with Crippen molar-refractivity contribution in [3.63, 3.8) is 0 Å². The molecule has 5 nitrogen and oxygen atoms in total. The van der Waals surface area contributed by atoms with Crippen molar-refractivity contribution in [1.29, 1.82) is 0 Å². The van der Waals surface area contributed by atoms with Gasteiger partial charge in [0.1, 0.15) is 0 Å². The van der Waals surface area contributed by atoms with E-state index < -0.39 is 0 Å². The van der Waals surface area contributed by atoms with Crippen molar-refractivity contribution in [1.82, 2.24) is 10.2 Å². The molecule has 6 heteroatoms. The predicted molar refractivity (Wildman–Crippen MR) is 124 cm³/mol. The molecule has 2 N–H and O–H groups in total. The number of likely N-dealkylation sites (tertiary alicyclic amines) is 1. The van der Waals surface area contributed by atoms with E-state index in [4.69, 9.17) is 0 Å². The zero-order chi connectivity index (χ0) is 21.3. The largest absolute Gasteiger partial charge is 0.352 e. The molecular formula is C24H30BrN3O2. The van der Waals surface area contributed by atoms with Crippen LogP contribution in [-0.4, -0.2) is 36.3 Å². The number of nitrogens with one attached hydrogen (secondary N) is 2. The predicted octanol–water partition coefficient (Wildman–Crippen LogP) is 4.83. The Morgan fingerprint density at radius 1 is 1.13 bits per heavy atom. The highest BCUT2D eigenvalue weighted by atomic mass is 79.9. The van der Waals surface area contributed by atoms with Gasteiger partial charge in [-0.15, -0.1) is 0 Å². The van der Waals surface area contributed by atoms with E-state index in [1.165, 1.54) is 5.56 Å². The molecule has 1 aliphatic rings. The number of amides is 2. The van der Waals surface area contributed by atoms with E-state index in [1.54, 1.807) is 12.1 Å². The first-order chi connectivity index (χ1) is 14.6. The number of benzene rings is 2. The zero-order valence-electron chi connectivity index (χ0n) is 17.5. The third-order valence-electron chi connectivity index (χ3n) is 5.44. The summed E-state index contributed by atoms with van der Waals surface area (Å²) < 4.78 is 1.07. The van der Waals surface area contributed by atoms with Crippen molar-refractivity contribution >= 4 is 33.4 Å². The fourth-order valence-corrected chi connectivity index (χ4v) is 4.02. The van der Waals surface area contributed by atoms with Gasteiger partial charge in [-0.3, -0.25) is 14.5 Å². The SMILES string of the molecule is CCCCNC(=O)c1ccccc1NC(=O)C1CCCN(Cc2ccc(Br)cc2)C1. The van der Waals surface area contributed by atoms with E-state index in [-0.39, 0.29) is 17.7 Å². The summed E-state index contributed by atoms with van der Waals surface area (Å²) in [6, 6.07) is 15.6. The molecule has 1 unspecified atom stereocenters. The maximum atomic E-state index is 13.0. The maximum Gasteiger partial charge on any atom is 0.253 e. The lowest BCUT2D eigenvalue weighted by molar-refractivity contribution is -0.121. The number of carbonyl (C=O) groups excluding carboxylic acids is 2. The summed E-state index contributed by atoms with van der Waals surface area (Å²) in [6.45, 7) is 5.30. The summed E-state index contributed by atoms with van der Waals surface area (Å²) in [5, 5.41) is 5.94. The molecule has 2 aromatic rings. The molecule has 1 fully saturated rings. The van der Waals surface area contributed by atoms with Gasteiger partial charge in [0.25, 0.3) is 5.91 Å². The first-order valence-corrected chi connectivity index (χ1v) is 11.5. The van der Waals surface area contributed by atoms with Crippen molar-refractivity contribution in [3.05, 3.63) is 64.1 Å². The van der Waals surface area contributed by atoms with Crippen LogP contribution in [0.4, 0.5) is 5.69 Å². The number of halogens is 1. The van der Waals surface area contributed by atoms with Gasteiger partial charge in [-0.2, -0.15) is 0 Å². The van der Waals surface area contributed by atoms with Crippen LogP contribution in [0.5, 0.6) is 0 Å². The third-order valence-corrected chi connectivity index (χ3v) is 5.97. The molecule has 0 saturated carbocycles. The Morgan fingerprint density at radius 2 is 1.90 bits per heavy atom. The lowest BCUT2D eigenvalue weighted by Gasteiger charge is -2.32. The van der Waals surface area contributed by atoms with E-state index in [2.05, 4.69) is 50.5 Å². The molecule has 0 spiro atoms. The summed E-state index contributed by atoms with van der Waals surface area (Å²) in [4.78, 5) is 27.8. The number of unbranched alkanes of at least 4 members (excludes halogenated alkanes) is 1. The molecule has 0 bridgehead atoms. The third kappa shape index (κ3) is 6.41. The molecule has 2 amide bonds. The van der Waals surface area contributed by atoms with Crippen molar-refractivity contribution in [2.45, 2.75) is 39.2 Å². The normalized spacial score (nSPS) is 16.8. The number of hydrogen-bond acceptors (Lipinski definition) is 3. The second-order valence-electron chi connectivity index (χ2n) is 7.85. The van der Waals surface area contributed by atoms with Crippen molar-refractivity contribution in [2.75, 3.05) is 25.0 Å². The van der Waals surface area contributed by atoms with Crippen molar-refractivity contribution < 1.29 is 9.59 Å². The Labute approximate surface area is 187 Å². The summed E-state index contributed by atoms with van der Waals surface area (Å²) in [6.07, 6.45) is 3.83. The van der Waals surface area contributed by atoms with Crippen LogP contribution in [0.2, 0.25) is 0 Å². The van der Waals surface area contributed by atoms with Gasteiger partial charge < -0.3 is 10.6 Å². The number of carbonyl (C=O) groups is 2. The first-order valence-electron chi connectivity index (χ1n) is 10.7. The van der Waals surface area contributed by atoms with Crippen LogP contribution in [-0.2, 0) is 11.3 Å². The molecule has 3 rings (SSSR count). The van der Waals surface area contributed by atoms with Gasteiger partial charge in [0.15, 0.2) is 0 Å². The fourth-order valence-electron chi connectivity index (χ4n) is 3.76. The van der Waals surface area contributed by atoms with Gasteiger partial charge in [0.05, 0.1) is 17.2 Å². The highest BCUT2D eigenvalue weighted by Crippen LogP contribution is 2.22. The molecule has 30 heavy (non-hydrogen) atoms. The Morgan fingerprint density at radius 3 is 2.67 bits per heavy atom. The van der Waals surface area contributed by atoms with E-state index >= 15 is 0 Å². The van der Waals surface area contributed by atoms with Gasteiger partial charge in [-0.25, -0.2) is 0 Å². The Balaban J connectivity index is 1.60. The summed E-state index contributed by atoms with van der Waals surface area (Å²) in [5.41, 5.74) is 2.35. The minimum Gasteiger partial charge on any atom is -0.352 e. The molecule has 1 aliphatic heterocycles. The van der Waals surface area contributed by atoms with Gasteiger partial charge in [-0.1, -0.05) is 53.5 Å². The Bertz CT molecular complexity index is 854. The molecule has 0 aliphatic carbocycles. The molecule has 2 aromatic carbocycles. The quantitative estimate of drug-likeness (QED) is 0.541. The van der Waals surface area contributed by atoms with Gasteiger partial charge in [-0.05, 0) is 55.6 Å².